The van der Waals surface area contributed by atoms with Gasteiger partial charge in [-0.3, -0.25) is 0 Å². The Labute approximate surface area is 68.6 Å². The third-order valence-corrected chi connectivity index (χ3v) is 2.28. The van der Waals surface area contributed by atoms with Crippen LogP contribution in [0.2, 0.25) is 0 Å². The standard InChI is InChI=1S/C8H18N2O/c1-3-4-8-7-9(2)5-6-10(8)11/h8,11H,3-7H2,1-2H3. The van der Waals surface area contributed by atoms with Crippen LogP contribution in [-0.4, -0.2) is 47.9 Å². The van der Waals surface area contributed by atoms with Gasteiger partial charge in [0.05, 0.1) is 0 Å². The molecule has 0 radical (unpaired) electrons. The molecule has 1 fully saturated rings. The van der Waals surface area contributed by atoms with Crippen LogP contribution in [0.1, 0.15) is 19.8 Å². The maximum atomic E-state index is 9.42. The summed E-state index contributed by atoms with van der Waals surface area (Å²) in [6.07, 6.45) is 2.25. The molecule has 0 saturated carbocycles. The van der Waals surface area contributed by atoms with E-state index in [4.69, 9.17) is 0 Å². The Kier molecular flexibility index (Phi) is 3.30. The molecule has 1 unspecified atom stereocenters. The van der Waals surface area contributed by atoms with E-state index in [0.29, 0.717) is 6.04 Å². The molecule has 1 heterocycles. The molecule has 0 aliphatic carbocycles. The summed E-state index contributed by atoms with van der Waals surface area (Å²) in [4.78, 5) is 2.27. The first-order valence-corrected chi connectivity index (χ1v) is 4.38. The molecule has 0 amide bonds. The predicted molar refractivity (Wildman–Crippen MR) is 44.7 cm³/mol. The Hall–Kier alpha value is -0.120. The highest BCUT2D eigenvalue weighted by atomic mass is 16.5. The van der Waals surface area contributed by atoms with Crippen LogP contribution < -0.4 is 0 Å². The maximum absolute atomic E-state index is 9.42. The minimum Gasteiger partial charge on any atom is -0.314 e. The van der Waals surface area contributed by atoms with E-state index in [9.17, 15) is 5.21 Å². The van der Waals surface area contributed by atoms with E-state index in [2.05, 4.69) is 18.9 Å². The normalized spacial score (nSPS) is 29.2. The van der Waals surface area contributed by atoms with E-state index in [0.717, 1.165) is 32.5 Å². The molecule has 1 N–H and O–H groups in total. The van der Waals surface area contributed by atoms with Gasteiger partial charge < -0.3 is 10.1 Å². The van der Waals surface area contributed by atoms with Crippen molar-refractivity contribution in [3.63, 3.8) is 0 Å². The van der Waals surface area contributed by atoms with E-state index in [1.807, 2.05) is 0 Å². The van der Waals surface area contributed by atoms with Crippen LogP contribution in [0.15, 0.2) is 0 Å². The number of likely N-dealkylation sites (N-methyl/N-ethyl adjacent to an activating group) is 1. The maximum Gasteiger partial charge on any atom is 0.0477 e. The number of rotatable bonds is 2. The number of nitrogens with zero attached hydrogens (tertiary/aromatic N) is 2. The van der Waals surface area contributed by atoms with E-state index < -0.39 is 0 Å². The first kappa shape index (κ1) is 8.97. The third kappa shape index (κ3) is 2.43. The average molecular weight is 158 g/mol. The Morgan fingerprint density at radius 2 is 2.18 bits per heavy atom. The molecule has 0 aromatic heterocycles. The van der Waals surface area contributed by atoms with Gasteiger partial charge >= 0.3 is 0 Å². The third-order valence-electron chi connectivity index (χ3n) is 2.28. The summed E-state index contributed by atoms with van der Waals surface area (Å²) >= 11 is 0. The predicted octanol–water partition coefficient (Wildman–Crippen LogP) is 0.792. The molecule has 0 aromatic carbocycles. The van der Waals surface area contributed by atoms with Gasteiger partial charge in [-0.1, -0.05) is 13.3 Å². The van der Waals surface area contributed by atoms with Crippen LogP contribution in [0.3, 0.4) is 0 Å². The van der Waals surface area contributed by atoms with E-state index >= 15 is 0 Å². The lowest BCUT2D eigenvalue weighted by molar-refractivity contribution is -0.154. The van der Waals surface area contributed by atoms with Crippen LogP contribution in [-0.2, 0) is 0 Å². The van der Waals surface area contributed by atoms with Crippen LogP contribution in [0.5, 0.6) is 0 Å². The fourth-order valence-corrected chi connectivity index (χ4v) is 1.57. The Morgan fingerprint density at radius 3 is 2.82 bits per heavy atom. The summed E-state index contributed by atoms with van der Waals surface area (Å²) in [5.74, 6) is 0. The lowest BCUT2D eigenvalue weighted by Crippen LogP contribution is -2.50. The first-order chi connectivity index (χ1) is 5.24. The van der Waals surface area contributed by atoms with Crippen molar-refractivity contribution in [2.45, 2.75) is 25.8 Å². The summed E-state index contributed by atoms with van der Waals surface area (Å²) in [5.41, 5.74) is 0. The molecule has 0 spiro atoms. The van der Waals surface area contributed by atoms with Crippen molar-refractivity contribution in [3.8, 4) is 0 Å². The second kappa shape index (κ2) is 4.04. The zero-order chi connectivity index (χ0) is 8.27. The van der Waals surface area contributed by atoms with Gasteiger partial charge in [-0.2, -0.15) is 5.06 Å². The van der Waals surface area contributed by atoms with Gasteiger partial charge in [-0.05, 0) is 13.5 Å². The highest BCUT2D eigenvalue weighted by Crippen LogP contribution is 2.10. The monoisotopic (exact) mass is 158 g/mol. The molecule has 0 bridgehead atoms. The van der Waals surface area contributed by atoms with Crippen molar-refractivity contribution in [2.24, 2.45) is 0 Å². The summed E-state index contributed by atoms with van der Waals surface area (Å²) in [5, 5.41) is 10.9. The highest BCUT2D eigenvalue weighted by molar-refractivity contribution is 4.74. The Morgan fingerprint density at radius 1 is 1.45 bits per heavy atom. The highest BCUT2D eigenvalue weighted by Gasteiger charge is 2.22. The Bertz CT molecular complexity index is 119. The van der Waals surface area contributed by atoms with Gasteiger partial charge in [0.1, 0.15) is 0 Å². The van der Waals surface area contributed by atoms with Crippen LogP contribution >= 0.6 is 0 Å². The average Bonchev–Trinajstić information content (AvgIpc) is 1.98. The van der Waals surface area contributed by atoms with E-state index in [1.165, 1.54) is 5.06 Å². The molecule has 1 saturated heterocycles. The molecule has 1 atom stereocenters. The van der Waals surface area contributed by atoms with Crippen molar-refractivity contribution >= 4 is 0 Å². The molecule has 0 aromatic rings. The zero-order valence-corrected chi connectivity index (χ0v) is 7.45. The largest absolute Gasteiger partial charge is 0.314 e. The molecule has 1 rings (SSSR count). The van der Waals surface area contributed by atoms with Crippen LogP contribution in [0.4, 0.5) is 0 Å². The fraction of sp³-hybridized carbons (Fsp3) is 1.00. The van der Waals surface area contributed by atoms with Crippen molar-refractivity contribution in [2.75, 3.05) is 26.7 Å². The van der Waals surface area contributed by atoms with Crippen LogP contribution in [0, 0.1) is 0 Å². The fourth-order valence-electron chi connectivity index (χ4n) is 1.57. The second-order valence-corrected chi connectivity index (χ2v) is 3.37. The second-order valence-electron chi connectivity index (χ2n) is 3.37. The van der Waals surface area contributed by atoms with Crippen molar-refractivity contribution in [3.05, 3.63) is 0 Å². The molecule has 66 valence electrons. The minimum absolute atomic E-state index is 0.360. The first-order valence-electron chi connectivity index (χ1n) is 4.38. The van der Waals surface area contributed by atoms with Crippen molar-refractivity contribution in [1.29, 1.82) is 0 Å². The molecule has 3 nitrogen and oxygen atoms in total. The van der Waals surface area contributed by atoms with Gasteiger partial charge in [0.2, 0.25) is 0 Å². The van der Waals surface area contributed by atoms with Gasteiger partial charge in [0, 0.05) is 25.7 Å². The molecule has 1 aliphatic heterocycles. The van der Waals surface area contributed by atoms with Gasteiger partial charge in [0.25, 0.3) is 0 Å². The summed E-state index contributed by atoms with van der Waals surface area (Å²) in [7, 11) is 2.11. The van der Waals surface area contributed by atoms with Crippen LogP contribution in [0.25, 0.3) is 0 Å². The minimum atomic E-state index is 0.360. The smallest absolute Gasteiger partial charge is 0.0477 e. The van der Waals surface area contributed by atoms with Gasteiger partial charge in [0.15, 0.2) is 0 Å². The van der Waals surface area contributed by atoms with Gasteiger partial charge in [-0.25, -0.2) is 0 Å². The lowest BCUT2D eigenvalue weighted by atomic mass is 10.1. The number of hydroxylamine groups is 2. The topological polar surface area (TPSA) is 26.7 Å². The molecular weight excluding hydrogens is 140 g/mol. The van der Waals surface area contributed by atoms with Gasteiger partial charge in [-0.15, -0.1) is 0 Å². The number of hydrogen-bond donors (Lipinski definition) is 1. The van der Waals surface area contributed by atoms with Crippen molar-refractivity contribution in [1.82, 2.24) is 9.96 Å². The molecular formula is C8H18N2O. The molecule has 1 aliphatic rings. The SMILES string of the molecule is CCCC1CN(C)CCN1O. The van der Waals surface area contributed by atoms with E-state index in [1.54, 1.807) is 0 Å². The lowest BCUT2D eigenvalue weighted by Gasteiger charge is -2.35. The zero-order valence-electron chi connectivity index (χ0n) is 7.45. The number of hydrogen-bond acceptors (Lipinski definition) is 3. The van der Waals surface area contributed by atoms with E-state index in [-0.39, 0.29) is 0 Å². The summed E-state index contributed by atoms with van der Waals surface area (Å²) < 4.78 is 0. The van der Waals surface area contributed by atoms with Crippen molar-refractivity contribution < 1.29 is 5.21 Å². The molecule has 11 heavy (non-hydrogen) atoms. The quantitative estimate of drug-likeness (QED) is 0.643. The summed E-state index contributed by atoms with van der Waals surface area (Å²) in [6.45, 7) is 4.94. The summed E-state index contributed by atoms with van der Waals surface area (Å²) in [6, 6.07) is 0.360. The number of piperazine rings is 1. The Balaban J connectivity index is 2.34. The molecule has 3 heteroatoms.